The van der Waals surface area contributed by atoms with E-state index in [1.807, 2.05) is 18.9 Å². The highest BCUT2D eigenvalue weighted by molar-refractivity contribution is 7.91. The van der Waals surface area contributed by atoms with Crippen LogP contribution in [0.1, 0.15) is 26.2 Å². The van der Waals surface area contributed by atoms with E-state index in [2.05, 4.69) is 15.5 Å². The molecule has 1 aromatic heterocycles. The SMILES string of the molecule is CCCC(=O)Nc1ccc(N(C)C2CCS(=O)(=O)C2)nn1. The minimum absolute atomic E-state index is 0.0650. The average Bonchev–Trinajstić information content (AvgIpc) is 2.79. The Kier molecular flexibility index (Phi) is 4.76. The van der Waals surface area contributed by atoms with Crippen LogP contribution in [0.25, 0.3) is 0 Å². The Bertz CT molecular complexity index is 600. The van der Waals surface area contributed by atoms with Crippen LogP contribution in [0.5, 0.6) is 0 Å². The zero-order chi connectivity index (χ0) is 15.5. The summed E-state index contributed by atoms with van der Waals surface area (Å²) in [6, 6.07) is 3.35. The maximum atomic E-state index is 11.5. The standard InChI is InChI=1S/C13H20N4O3S/c1-3-4-13(18)14-11-5-6-12(16-15-11)17(2)10-7-8-21(19,20)9-10/h5-6,10H,3-4,7-9H2,1-2H3,(H,14,15,18). The Hall–Kier alpha value is -1.70. The number of nitrogens with one attached hydrogen (secondary N) is 1. The van der Waals surface area contributed by atoms with Gasteiger partial charge >= 0.3 is 0 Å². The molecule has 0 radical (unpaired) electrons. The van der Waals surface area contributed by atoms with Gasteiger partial charge in [0.15, 0.2) is 21.5 Å². The molecule has 116 valence electrons. The molecular formula is C13H20N4O3S. The maximum Gasteiger partial charge on any atom is 0.225 e. The van der Waals surface area contributed by atoms with Gasteiger partial charge in [-0.15, -0.1) is 10.2 Å². The predicted octanol–water partition coefficient (Wildman–Crippen LogP) is 0.838. The van der Waals surface area contributed by atoms with E-state index in [1.165, 1.54) is 0 Å². The molecule has 0 saturated carbocycles. The molecule has 1 unspecified atom stereocenters. The van der Waals surface area contributed by atoms with Gasteiger partial charge in [0.05, 0.1) is 11.5 Å². The summed E-state index contributed by atoms with van der Waals surface area (Å²) in [5.41, 5.74) is 0. The predicted molar refractivity (Wildman–Crippen MR) is 81.0 cm³/mol. The van der Waals surface area contributed by atoms with Gasteiger partial charge < -0.3 is 10.2 Å². The first kappa shape index (κ1) is 15.7. The summed E-state index contributed by atoms with van der Waals surface area (Å²) in [6.45, 7) is 1.93. The Morgan fingerprint density at radius 3 is 2.71 bits per heavy atom. The molecular weight excluding hydrogens is 292 g/mol. The number of aromatic nitrogens is 2. The molecule has 1 atom stereocenters. The van der Waals surface area contributed by atoms with Crippen molar-refractivity contribution in [3.63, 3.8) is 0 Å². The number of sulfone groups is 1. The zero-order valence-electron chi connectivity index (χ0n) is 12.2. The van der Waals surface area contributed by atoms with Gasteiger partial charge in [-0.05, 0) is 25.0 Å². The number of hydrogen-bond donors (Lipinski definition) is 1. The van der Waals surface area contributed by atoms with Gasteiger partial charge in [-0.25, -0.2) is 8.42 Å². The third-order valence-electron chi connectivity index (χ3n) is 3.51. The van der Waals surface area contributed by atoms with Crippen molar-refractivity contribution in [2.45, 2.75) is 32.2 Å². The van der Waals surface area contributed by atoms with Gasteiger partial charge in [-0.1, -0.05) is 6.92 Å². The van der Waals surface area contributed by atoms with Gasteiger partial charge in [0.2, 0.25) is 5.91 Å². The molecule has 0 aliphatic carbocycles. The van der Waals surface area contributed by atoms with Gasteiger partial charge in [-0.2, -0.15) is 0 Å². The average molecular weight is 312 g/mol. The summed E-state index contributed by atoms with van der Waals surface area (Å²) in [7, 11) is -1.12. The van der Waals surface area contributed by atoms with E-state index >= 15 is 0 Å². The van der Waals surface area contributed by atoms with E-state index in [-0.39, 0.29) is 23.5 Å². The fraction of sp³-hybridized carbons (Fsp3) is 0.615. The van der Waals surface area contributed by atoms with Crippen molar-refractivity contribution in [3.05, 3.63) is 12.1 Å². The van der Waals surface area contributed by atoms with Gasteiger partial charge in [0, 0.05) is 19.5 Å². The van der Waals surface area contributed by atoms with Crippen LogP contribution in [-0.4, -0.2) is 49.1 Å². The van der Waals surface area contributed by atoms with E-state index in [9.17, 15) is 13.2 Å². The van der Waals surface area contributed by atoms with E-state index in [0.717, 1.165) is 6.42 Å². The summed E-state index contributed by atoms with van der Waals surface area (Å²) in [6.07, 6.45) is 1.83. The van der Waals surface area contributed by atoms with Crippen LogP contribution in [0, 0.1) is 0 Å². The Morgan fingerprint density at radius 2 is 2.19 bits per heavy atom. The smallest absolute Gasteiger partial charge is 0.225 e. The van der Waals surface area contributed by atoms with Crippen molar-refractivity contribution in [2.24, 2.45) is 0 Å². The summed E-state index contributed by atoms with van der Waals surface area (Å²) < 4.78 is 23.0. The lowest BCUT2D eigenvalue weighted by molar-refractivity contribution is -0.116. The van der Waals surface area contributed by atoms with E-state index in [0.29, 0.717) is 24.5 Å². The molecule has 1 aliphatic rings. The second kappa shape index (κ2) is 6.38. The first-order valence-electron chi connectivity index (χ1n) is 6.98. The minimum Gasteiger partial charge on any atom is -0.354 e. The molecule has 21 heavy (non-hydrogen) atoms. The van der Waals surface area contributed by atoms with Crippen molar-refractivity contribution in [1.29, 1.82) is 0 Å². The fourth-order valence-corrected chi connectivity index (χ4v) is 4.05. The van der Waals surface area contributed by atoms with Crippen molar-refractivity contribution < 1.29 is 13.2 Å². The van der Waals surface area contributed by atoms with Crippen LogP contribution < -0.4 is 10.2 Å². The lowest BCUT2D eigenvalue weighted by atomic mass is 10.2. The maximum absolute atomic E-state index is 11.5. The number of anilines is 2. The van der Waals surface area contributed by atoms with E-state index < -0.39 is 9.84 Å². The number of rotatable bonds is 5. The Labute approximate surface area is 124 Å². The minimum atomic E-state index is -2.93. The van der Waals surface area contributed by atoms with Crippen LogP contribution in [0.2, 0.25) is 0 Å². The van der Waals surface area contributed by atoms with Crippen molar-refractivity contribution in [1.82, 2.24) is 10.2 Å². The molecule has 0 spiro atoms. The fourth-order valence-electron chi connectivity index (χ4n) is 2.28. The van der Waals surface area contributed by atoms with Crippen molar-refractivity contribution in [2.75, 3.05) is 28.8 Å². The van der Waals surface area contributed by atoms with Gasteiger partial charge in [-0.3, -0.25) is 4.79 Å². The van der Waals surface area contributed by atoms with Gasteiger partial charge in [0.25, 0.3) is 0 Å². The number of carbonyl (C=O) groups excluding carboxylic acids is 1. The number of carbonyl (C=O) groups is 1. The van der Waals surface area contributed by atoms with Crippen LogP contribution >= 0.6 is 0 Å². The summed E-state index contributed by atoms with van der Waals surface area (Å²) >= 11 is 0. The Morgan fingerprint density at radius 1 is 1.43 bits per heavy atom. The molecule has 1 amide bonds. The molecule has 0 bridgehead atoms. The lowest BCUT2D eigenvalue weighted by Crippen LogP contribution is -2.33. The number of amides is 1. The molecule has 8 heteroatoms. The first-order valence-corrected chi connectivity index (χ1v) is 8.80. The topological polar surface area (TPSA) is 92.3 Å². The molecule has 7 nitrogen and oxygen atoms in total. The zero-order valence-corrected chi connectivity index (χ0v) is 13.1. The third kappa shape index (κ3) is 4.13. The third-order valence-corrected chi connectivity index (χ3v) is 5.26. The van der Waals surface area contributed by atoms with E-state index in [4.69, 9.17) is 0 Å². The highest BCUT2D eigenvalue weighted by Crippen LogP contribution is 2.21. The van der Waals surface area contributed by atoms with Crippen LogP contribution in [-0.2, 0) is 14.6 Å². The normalized spacial score (nSPS) is 20.2. The van der Waals surface area contributed by atoms with Crippen LogP contribution in [0.15, 0.2) is 12.1 Å². The molecule has 1 aliphatic heterocycles. The number of hydrogen-bond acceptors (Lipinski definition) is 6. The van der Waals surface area contributed by atoms with Gasteiger partial charge in [0.1, 0.15) is 0 Å². The lowest BCUT2D eigenvalue weighted by Gasteiger charge is -2.23. The number of nitrogens with zero attached hydrogens (tertiary/aromatic N) is 3. The molecule has 1 fully saturated rings. The van der Waals surface area contributed by atoms with E-state index in [1.54, 1.807) is 12.1 Å². The highest BCUT2D eigenvalue weighted by atomic mass is 32.2. The van der Waals surface area contributed by atoms with Crippen molar-refractivity contribution >= 4 is 27.4 Å². The van der Waals surface area contributed by atoms with Crippen LogP contribution in [0.3, 0.4) is 0 Å². The summed E-state index contributed by atoms with van der Waals surface area (Å²) in [4.78, 5) is 13.3. The highest BCUT2D eigenvalue weighted by Gasteiger charge is 2.31. The first-order chi connectivity index (χ1) is 9.91. The van der Waals surface area contributed by atoms with Crippen molar-refractivity contribution in [3.8, 4) is 0 Å². The molecule has 2 heterocycles. The second-order valence-electron chi connectivity index (χ2n) is 5.24. The molecule has 0 aromatic carbocycles. The van der Waals surface area contributed by atoms with Crippen LogP contribution in [0.4, 0.5) is 11.6 Å². The Balaban J connectivity index is 2.00. The molecule has 2 rings (SSSR count). The largest absolute Gasteiger partial charge is 0.354 e. The monoisotopic (exact) mass is 312 g/mol. The summed E-state index contributed by atoms with van der Waals surface area (Å²) in [5, 5.41) is 10.7. The summed E-state index contributed by atoms with van der Waals surface area (Å²) in [5.74, 6) is 1.30. The molecule has 1 aromatic rings. The quantitative estimate of drug-likeness (QED) is 0.866. The molecule has 1 saturated heterocycles. The second-order valence-corrected chi connectivity index (χ2v) is 7.47. The molecule has 1 N–H and O–H groups in total.